The summed E-state index contributed by atoms with van der Waals surface area (Å²) in [6.07, 6.45) is 0. The normalized spacial score (nSPS) is 13.8. The van der Waals surface area contributed by atoms with E-state index in [1.54, 1.807) is 18.2 Å². The molecule has 3 N–H and O–H groups in total. The van der Waals surface area contributed by atoms with E-state index in [4.69, 9.17) is 10.5 Å². The summed E-state index contributed by atoms with van der Waals surface area (Å²) in [4.78, 5) is 27.4. The highest BCUT2D eigenvalue weighted by molar-refractivity contribution is 8.17. The van der Waals surface area contributed by atoms with Gasteiger partial charge in [-0.2, -0.15) is 0 Å². The molecule has 1 aliphatic heterocycles. The van der Waals surface area contributed by atoms with Gasteiger partial charge in [-0.05, 0) is 23.9 Å². The molecule has 7 heteroatoms. The van der Waals surface area contributed by atoms with Gasteiger partial charge in [-0.15, -0.1) is 0 Å². The lowest BCUT2D eigenvalue weighted by molar-refractivity contribution is -0.135. The smallest absolute Gasteiger partial charge is 0.344 e. The van der Waals surface area contributed by atoms with Crippen molar-refractivity contribution in [3.63, 3.8) is 0 Å². The first-order chi connectivity index (χ1) is 9.52. The number of esters is 1. The van der Waals surface area contributed by atoms with Crippen molar-refractivity contribution >= 4 is 40.1 Å². The summed E-state index contributed by atoms with van der Waals surface area (Å²) in [6.45, 7) is 1.40. The largest absolute Gasteiger partial charge is 0.465 e. The summed E-state index contributed by atoms with van der Waals surface area (Å²) in [5.41, 5.74) is 7.18. The number of para-hydroxylation sites is 2. The molecule has 0 saturated heterocycles. The van der Waals surface area contributed by atoms with Gasteiger partial charge in [0, 0.05) is 6.92 Å². The quantitative estimate of drug-likeness (QED) is 0.806. The zero-order chi connectivity index (χ0) is 14.7. The van der Waals surface area contributed by atoms with Crippen LogP contribution < -0.4 is 11.1 Å². The van der Waals surface area contributed by atoms with Crippen molar-refractivity contribution in [3.8, 4) is 0 Å². The number of anilines is 1. The average molecular weight is 291 g/mol. The SMILES string of the molecule is COC(=O)C1=C(SC(C)=O)Nc2ccccc2N=C1N. The van der Waals surface area contributed by atoms with Crippen LogP contribution in [-0.2, 0) is 14.3 Å². The zero-order valence-corrected chi connectivity index (χ0v) is 11.8. The van der Waals surface area contributed by atoms with Gasteiger partial charge in [-0.1, -0.05) is 12.1 Å². The summed E-state index contributed by atoms with van der Waals surface area (Å²) < 4.78 is 4.70. The van der Waals surface area contributed by atoms with Crippen molar-refractivity contribution in [2.24, 2.45) is 10.7 Å². The molecule has 0 radical (unpaired) electrons. The van der Waals surface area contributed by atoms with Crippen LogP contribution in [0.15, 0.2) is 39.9 Å². The van der Waals surface area contributed by atoms with Crippen molar-refractivity contribution in [2.75, 3.05) is 12.4 Å². The average Bonchev–Trinajstić information content (AvgIpc) is 2.52. The number of aliphatic imine (C=N–C) groups is 1. The van der Waals surface area contributed by atoms with Gasteiger partial charge in [0.1, 0.15) is 11.4 Å². The van der Waals surface area contributed by atoms with E-state index in [2.05, 4.69) is 10.3 Å². The molecule has 6 nitrogen and oxygen atoms in total. The Hall–Kier alpha value is -2.28. The predicted molar refractivity (Wildman–Crippen MR) is 78.7 cm³/mol. The van der Waals surface area contributed by atoms with Gasteiger partial charge >= 0.3 is 5.97 Å². The van der Waals surface area contributed by atoms with Crippen LogP contribution in [0.25, 0.3) is 0 Å². The maximum atomic E-state index is 11.9. The summed E-state index contributed by atoms with van der Waals surface area (Å²) >= 11 is 0.876. The van der Waals surface area contributed by atoms with Gasteiger partial charge in [0.2, 0.25) is 0 Å². The minimum atomic E-state index is -0.643. The number of nitrogens with two attached hydrogens (primary N) is 1. The van der Waals surface area contributed by atoms with Crippen LogP contribution in [0, 0.1) is 0 Å². The molecule has 1 aromatic carbocycles. The van der Waals surface area contributed by atoms with Crippen molar-refractivity contribution in [1.82, 2.24) is 0 Å². The molecule has 0 amide bonds. The molecule has 20 heavy (non-hydrogen) atoms. The monoisotopic (exact) mass is 291 g/mol. The summed E-state index contributed by atoms with van der Waals surface area (Å²) in [6, 6.07) is 7.16. The molecule has 1 heterocycles. The van der Waals surface area contributed by atoms with Crippen LogP contribution in [-0.4, -0.2) is 24.0 Å². The van der Waals surface area contributed by atoms with Gasteiger partial charge in [0.15, 0.2) is 5.12 Å². The summed E-state index contributed by atoms with van der Waals surface area (Å²) in [5, 5.41) is 3.15. The maximum absolute atomic E-state index is 11.9. The minimum Gasteiger partial charge on any atom is -0.465 e. The number of thioether (sulfide) groups is 1. The lowest BCUT2D eigenvalue weighted by Crippen LogP contribution is -2.24. The minimum absolute atomic E-state index is 0.0121. The lowest BCUT2D eigenvalue weighted by Gasteiger charge is -2.11. The molecule has 104 valence electrons. The van der Waals surface area contributed by atoms with Crippen molar-refractivity contribution in [3.05, 3.63) is 34.9 Å². The van der Waals surface area contributed by atoms with Crippen LogP contribution in [0.3, 0.4) is 0 Å². The maximum Gasteiger partial charge on any atom is 0.344 e. The Morgan fingerprint density at radius 2 is 2.05 bits per heavy atom. The number of hydrogen-bond acceptors (Lipinski definition) is 7. The Morgan fingerprint density at radius 1 is 1.35 bits per heavy atom. The highest BCUT2D eigenvalue weighted by Crippen LogP contribution is 2.33. The van der Waals surface area contributed by atoms with Gasteiger partial charge in [0.05, 0.1) is 23.5 Å². The van der Waals surface area contributed by atoms with E-state index in [0.717, 1.165) is 11.8 Å². The second-order valence-corrected chi connectivity index (χ2v) is 5.12. The second-order valence-electron chi connectivity index (χ2n) is 3.93. The van der Waals surface area contributed by atoms with Crippen molar-refractivity contribution < 1.29 is 14.3 Å². The van der Waals surface area contributed by atoms with E-state index >= 15 is 0 Å². The first-order valence-corrected chi connectivity index (χ1v) is 6.56. The summed E-state index contributed by atoms with van der Waals surface area (Å²) in [5.74, 6) is -0.631. The van der Waals surface area contributed by atoms with Crippen LogP contribution in [0.2, 0.25) is 0 Å². The molecular weight excluding hydrogens is 278 g/mol. The van der Waals surface area contributed by atoms with Crippen LogP contribution in [0.1, 0.15) is 6.92 Å². The highest BCUT2D eigenvalue weighted by atomic mass is 32.2. The number of amidine groups is 1. The van der Waals surface area contributed by atoms with E-state index in [1.807, 2.05) is 6.07 Å². The number of nitrogens with one attached hydrogen (secondary N) is 1. The molecule has 0 saturated carbocycles. The van der Waals surface area contributed by atoms with Gasteiger partial charge in [-0.3, -0.25) is 4.79 Å². The molecule has 0 fully saturated rings. The Labute approximate surface area is 120 Å². The molecule has 0 bridgehead atoms. The number of nitrogens with zero attached hydrogens (tertiary/aromatic N) is 1. The molecule has 0 aromatic heterocycles. The third-order valence-corrected chi connectivity index (χ3v) is 3.31. The lowest BCUT2D eigenvalue weighted by atomic mass is 10.2. The number of ether oxygens (including phenoxy) is 1. The highest BCUT2D eigenvalue weighted by Gasteiger charge is 2.25. The molecule has 1 aromatic rings. The van der Waals surface area contributed by atoms with Gasteiger partial charge in [-0.25, -0.2) is 9.79 Å². The molecule has 0 atom stereocenters. The fourth-order valence-corrected chi connectivity index (χ4v) is 2.42. The molecule has 2 rings (SSSR count). The number of carbonyl (C=O) groups excluding carboxylic acids is 2. The third-order valence-electron chi connectivity index (χ3n) is 2.51. The van der Waals surface area contributed by atoms with Crippen LogP contribution in [0.5, 0.6) is 0 Å². The Kier molecular flexibility index (Phi) is 4.09. The Bertz CT molecular complexity index is 638. The van der Waals surface area contributed by atoms with Crippen molar-refractivity contribution in [2.45, 2.75) is 6.92 Å². The molecule has 0 unspecified atom stereocenters. The molecule has 0 aliphatic carbocycles. The number of methoxy groups -OCH3 is 1. The number of hydrogen-bond donors (Lipinski definition) is 2. The predicted octanol–water partition coefficient (Wildman–Crippen LogP) is 1.77. The molecule has 0 spiro atoms. The zero-order valence-electron chi connectivity index (χ0n) is 11.0. The number of fused-ring (bicyclic) bond motifs is 1. The van der Waals surface area contributed by atoms with Gasteiger partial charge in [0.25, 0.3) is 0 Å². The third kappa shape index (κ3) is 2.83. The summed E-state index contributed by atoms with van der Waals surface area (Å²) in [7, 11) is 1.25. The van der Waals surface area contributed by atoms with E-state index in [9.17, 15) is 9.59 Å². The molecule has 1 aliphatic rings. The van der Waals surface area contributed by atoms with E-state index in [1.165, 1.54) is 14.0 Å². The van der Waals surface area contributed by atoms with Gasteiger partial charge < -0.3 is 15.8 Å². The topological polar surface area (TPSA) is 93.8 Å². The second kappa shape index (κ2) is 5.79. The Morgan fingerprint density at radius 3 is 2.70 bits per heavy atom. The van der Waals surface area contributed by atoms with E-state index < -0.39 is 5.97 Å². The van der Waals surface area contributed by atoms with E-state index in [-0.39, 0.29) is 16.5 Å². The fraction of sp³-hybridized carbons (Fsp3) is 0.154. The Balaban J connectivity index is 2.58. The molecular formula is C13H13N3O3S. The standard InChI is InChI=1S/C13H13N3O3S/c1-7(17)20-12-10(13(18)19-2)11(14)15-8-5-3-4-6-9(8)16-12/h3-6,16H,1-2H3,(H2,14,15). The number of rotatable bonds is 2. The fourth-order valence-electron chi connectivity index (χ4n) is 1.68. The first-order valence-electron chi connectivity index (χ1n) is 5.74. The van der Waals surface area contributed by atoms with E-state index in [0.29, 0.717) is 16.4 Å². The van der Waals surface area contributed by atoms with Crippen LogP contribution in [0.4, 0.5) is 11.4 Å². The first kappa shape index (κ1) is 14.1. The van der Waals surface area contributed by atoms with Crippen molar-refractivity contribution in [1.29, 1.82) is 0 Å². The van der Waals surface area contributed by atoms with Crippen LogP contribution >= 0.6 is 11.8 Å². The number of carbonyl (C=O) groups is 2. The number of benzene rings is 1.